The Hall–Kier alpha value is -0.730. The minimum Gasteiger partial charge on any atom is -0.394 e. The SMILES string of the molecule is CC(C)CC(=O)NC1C(O)OC(CO)[C@@H](O)[C@@H]1O. The van der Waals surface area contributed by atoms with Crippen LogP contribution < -0.4 is 5.32 Å². The number of ether oxygens (including phenoxy) is 1. The average Bonchev–Trinajstić information content (AvgIpc) is 2.28. The van der Waals surface area contributed by atoms with Crippen molar-refractivity contribution >= 4 is 5.91 Å². The number of hydrogen-bond donors (Lipinski definition) is 5. The fourth-order valence-corrected chi connectivity index (χ4v) is 1.87. The molecule has 7 nitrogen and oxygen atoms in total. The summed E-state index contributed by atoms with van der Waals surface area (Å²) >= 11 is 0. The second-order valence-electron chi connectivity index (χ2n) is 4.92. The summed E-state index contributed by atoms with van der Waals surface area (Å²) in [6.45, 7) is 3.20. The molecule has 7 heteroatoms. The maximum atomic E-state index is 11.6. The summed E-state index contributed by atoms with van der Waals surface area (Å²) < 4.78 is 4.92. The van der Waals surface area contributed by atoms with Gasteiger partial charge in [-0.3, -0.25) is 4.79 Å². The summed E-state index contributed by atoms with van der Waals surface area (Å²) in [5, 5.41) is 40.3. The molecule has 106 valence electrons. The molecule has 0 aliphatic carbocycles. The molecule has 1 saturated heterocycles. The molecule has 1 aliphatic rings. The zero-order valence-electron chi connectivity index (χ0n) is 10.5. The van der Waals surface area contributed by atoms with Gasteiger partial charge in [0.05, 0.1) is 6.61 Å². The smallest absolute Gasteiger partial charge is 0.220 e. The first kappa shape index (κ1) is 15.3. The topological polar surface area (TPSA) is 119 Å². The van der Waals surface area contributed by atoms with E-state index in [0.29, 0.717) is 0 Å². The van der Waals surface area contributed by atoms with E-state index in [1.54, 1.807) is 0 Å². The van der Waals surface area contributed by atoms with Gasteiger partial charge in [-0.05, 0) is 5.92 Å². The standard InChI is InChI=1S/C11H21NO6/c1-5(2)3-7(14)12-8-10(16)9(15)6(4-13)18-11(8)17/h5-6,8-11,13,15-17H,3-4H2,1-2H3,(H,12,14)/t6?,8?,9-,10-,11?/m1/s1. The first-order valence-electron chi connectivity index (χ1n) is 5.96. The van der Waals surface area contributed by atoms with Crippen molar-refractivity contribution in [1.82, 2.24) is 5.32 Å². The van der Waals surface area contributed by atoms with Crippen LogP contribution in [0.2, 0.25) is 0 Å². The molecule has 1 amide bonds. The van der Waals surface area contributed by atoms with Crippen LogP contribution in [0.5, 0.6) is 0 Å². The fourth-order valence-electron chi connectivity index (χ4n) is 1.87. The molecule has 0 aromatic rings. The van der Waals surface area contributed by atoms with Crippen LogP contribution in [0.3, 0.4) is 0 Å². The molecule has 18 heavy (non-hydrogen) atoms. The largest absolute Gasteiger partial charge is 0.394 e. The lowest BCUT2D eigenvalue weighted by Crippen LogP contribution is -2.64. The minimum atomic E-state index is -1.46. The maximum absolute atomic E-state index is 11.6. The Morgan fingerprint density at radius 2 is 1.89 bits per heavy atom. The highest BCUT2D eigenvalue weighted by atomic mass is 16.6. The zero-order chi connectivity index (χ0) is 13.9. The van der Waals surface area contributed by atoms with Crippen LogP contribution in [0.1, 0.15) is 20.3 Å². The molecular formula is C11H21NO6. The molecule has 0 radical (unpaired) electrons. The second-order valence-corrected chi connectivity index (χ2v) is 4.92. The highest BCUT2D eigenvalue weighted by Crippen LogP contribution is 2.19. The van der Waals surface area contributed by atoms with Gasteiger partial charge < -0.3 is 30.5 Å². The molecular weight excluding hydrogens is 242 g/mol. The lowest BCUT2D eigenvalue weighted by atomic mass is 9.96. The summed E-state index contributed by atoms with van der Waals surface area (Å²) in [5.41, 5.74) is 0. The van der Waals surface area contributed by atoms with E-state index in [-0.39, 0.29) is 18.2 Å². The summed E-state index contributed by atoms with van der Waals surface area (Å²) in [6.07, 6.45) is -5.02. The molecule has 1 heterocycles. The van der Waals surface area contributed by atoms with Gasteiger partial charge in [-0.1, -0.05) is 13.8 Å². The highest BCUT2D eigenvalue weighted by Gasteiger charge is 2.44. The quantitative estimate of drug-likeness (QED) is 0.398. The van der Waals surface area contributed by atoms with Crippen LogP contribution in [-0.4, -0.2) is 63.6 Å². The molecule has 1 fully saturated rings. The Balaban J connectivity index is 2.62. The molecule has 0 aromatic heterocycles. The third kappa shape index (κ3) is 3.63. The van der Waals surface area contributed by atoms with Crippen molar-refractivity contribution in [3.8, 4) is 0 Å². The normalized spacial score (nSPS) is 36.7. The molecule has 3 unspecified atom stereocenters. The minimum absolute atomic E-state index is 0.138. The summed E-state index contributed by atoms with van der Waals surface area (Å²) in [7, 11) is 0. The Morgan fingerprint density at radius 1 is 1.28 bits per heavy atom. The molecule has 1 aliphatic heterocycles. The van der Waals surface area contributed by atoms with Gasteiger partial charge in [0, 0.05) is 6.42 Å². The van der Waals surface area contributed by atoms with Crippen molar-refractivity contribution in [3.63, 3.8) is 0 Å². The molecule has 1 rings (SSSR count). The first-order chi connectivity index (χ1) is 8.36. The van der Waals surface area contributed by atoms with Gasteiger partial charge in [-0.15, -0.1) is 0 Å². The van der Waals surface area contributed by atoms with Crippen molar-refractivity contribution in [1.29, 1.82) is 0 Å². The maximum Gasteiger partial charge on any atom is 0.220 e. The number of nitrogens with one attached hydrogen (secondary N) is 1. The van der Waals surface area contributed by atoms with E-state index in [0.717, 1.165) is 0 Å². The van der Waals surface area contributed by atoms with Crippen molar-refractivity contribution in [2.45, 2.75) is 50.9 Å². The van der Waals surface area contributed by atoms with Crippen molar-refractivity contribution in [3.05, 3.63) is 0 Å². The van der Waals surface area contributed by atoms with Gasteiger partial charge in [-0.25, -0.2) is 0 Å². The predicted molar refractivity (Wildman–Crippen MR) is 61.4 cm³/mol. The lowest BCUT2D eigenvalue weighted by Gasteiger charge is -2.40. The van der Waals surface area contributed by atoms with E-state index in [1.807, 2.05) is 13.8 Å². The monoisotopic (exact) mass is 263 g/mol. The summed E-state index contributed by atoms with van der Waals surface area (Å²) in [6, 6.07) is -1.10. The van der Waals surface area contributed by atoms with Crippen LogP contribution in [0, 0.1) is 5.92 Å². The van der Waals surface area contributed by atoms with E-state index < -0.39 is 37.3 Å². The second kappa shape index (κ2) is 6.44. The van der Waals surface area contributed by atoms with Gasteiger partial charge >= 0.3 is 0 Å². The Labute approximate surface area is 105 Å². The number of amides is 1. The average molecular weight is 263 g/mol. The third-order valence-corrected chi connectivity index (χ3v) is 2.82. The van der Waals surface area contributed by atoms with Crippen LogP contribution >= 0.6 is 0 Å². The number of aliphatic hydroxyl groups excluding tert-OH is 4. The Bertz CT molecular complexity index is 285. The van der Waals surface area contributed by atoms with Gasteiger partial charge in [0.2, 0.25) is 5.91 Å². The number of hydrogen-bond acceptors (Lipinski definition) is 6. The Morgan fingerprint density at radius 3 is 2.39 bits per heavy atom. The van der Waals surface area contributed by atoms with Gasteiger partial charge in [0.1, 0.15) is 24.4 Å². The van der Waals surface area contributed by atoms with Gasteiger partial charge in [0.15, 0.2) is 6.29 Å². The van der Waals surface area contributed by atoms with Gasteiger partial charge in [-0.2, -0.15) is 0 Å². The molecule has 5 atom stereocenters. The molecule has 0 spiro atoms. The molecule has 0 aromatic carbocycles. The fraction of sp³-hybridized carbons (Fsp3) is 0.909. The zero-order valence-corrected chi connectivity index (χ0v) is 10.5. The summed E-state index contributed by atoms with van der Waals surface area (Å²) in [5.74, 6) is -0.203. The summed E-state index contributed by atoms with van der Waals surface area (Å²) in [4.78, 5) is 11.6. The van der Waals surface area contributed by atoms with Crippen molar-refractivity contribution < 1.29 is 30.0 Å². The number of carbonyl (C=O) groups is 1. The first-order valence-corrected chi connectivity index (χ1v) is 5.96. The molecule has 0 bridgehead atoms. The number of rotatable bonds is 4. The predicted octanol–water partition coefficient (Wildman–Crippen LogP) is -2.05. The van der Waals surface area contributed by atoms with Crippen LogP contribution in [0.4, 0.5) is 0 Å². The Kier molecular flexibility index (Phi) is 5.48. The number of carbonyl (C=O) groups excluding carboxylic acids is 1. The van der Waals surface area contributed by atoms with Crippen LogP contribution in [-0.2, 0) is 9.53 Å². The number of aliphatic hydroxyl groups is 4. The van der Waals surface area contributed by atoms with E-state index in [2.05, 4.69) is 5.32 Å². The third-order valence-electron chi connectivity index (χ3n) is 2.82. The highest BCUT2D eigenvalue weighted by molar-refractivity contribution is 5.76. The lowest BCUT2D eigenvalue weighted by molar-refractivity contribution is -0.253. The van der Waals surface area contributed by atoms with Crippen LogP contribution in [0.15, 0.2) is 0 Å². The van der Waals surface area contributed by atoms with E-state index in [1.165, 1.54) is 0 Å². The van der Waals surface area contributed by atoms with E-state index in [9.17, 15) is 20.1 Å². The van der Waals surface area contributed by atoms with Gasteiger partial charge in [0.25, 0.3) is 0 Å². The van der Waals surface area contributed by atoms with Crippen molar-refractivity contribution in [2.75, 3.05) is 6.61 Å². The molecule has 5 N–H and O–H groups in total. The van der Waals surface area contributed by atoms with E-state index >= 15 is 0 Å². The van der Waals surface area contributed by atoms with Crippen molar-refractivity contribution in [2.24, 2.45) is 5.92 Å². The molecule has 0 saturated carbocycles. The van der Waals surface area contributed by atoms with Crippen LogP contribution in [0.25, 0.3) is 0 Å². The van der Waals surface area contributed by atoms with E-state index in [4.69, 9.17) is 9.84 Å².